The third-order valence-corrected chi connectivity index (χ3v) is 5.66. The highest BCUT2D eigenvalue weighted by Gasteiger charge is 2.15. The van der Waals surface area contributed by atoms with Crippen LogP contribution in [-0.2, 0) is 9.59 Å². The third kappa shape index (κ3) is 6.56. The lowest BCUT2D eigenvalue weighted by Crippen LogP contribution is -2.35. The fourth-order valence-corrected chi connectivity index (χ4v) is 3.72. The van der Waals surface area contributed by atoms with Crippen molar-refractivity contribution in [3.63, 3.8) is 0 Å². The number of furan rings is 2. The van der Waals surface area contributed by atoms with Gasteiger partial charge in [-0.15, -0.1) is 0 Å². The summed E-state index contributed by atoms with van der Waals surface area (Å²) >= 11 is 12.2. The van der Waals surface area contributed by atoms with Crippen LogP contribution < -0.4 is 10.9 Å². The Hall–Kier alpha value is -5.34. The minimum Gasteiger partial charge on any atom is -0.455 e. The van der Waals surface area contributed by atoms with E-state index >= 15 is 0 Å². The minimum atomic E-state index is -1.13. The molecule has 0 radical (unpaired) electrons. The number of carbonyl (C=O) groups is 2. The van der Waals surface area contributed by atoms with Gasteiger partial charge < -0.3 is 8.83 Å². The topological polar surface area (TPSA) is 195 Å². The first-order chi connectivity index (χ1) is 19.1. The van der Waals surface area contributed by atoms with Crippen LogP contribution in [-0.4, -0.2) is 34.1 Å². The van der Waals surface area contributed by atoms with E-state index in [9.17, 15) is 29.8 Å². The SMILES string of the molecule is O=C(NN=Cc1ccc(-c2ccc([N+](=O)[O-])cc2Cl)o1)C(=O)NN=Cc1ccc(-c2ccc([N+](=O)[O-])cc2Cl)o1. The number of nitro benzene ring substituents is 2. The zero-order valence-corrected chi connectivity index (χ0v) is 21.3. The molecule has 0 spiro atoms. The third-order valence-electron chi connectivity index (χ3n) is 5.03. The van der Waals surface area contributed by atoms with Crippen molar-refractivity contribution in [3.8, 4) is 22.6 Å². The summed E-state index contributed by atoms with van der Waals surface area (Å²) in [4.78, 5) is 44.4. The molecule has 2 aromatic carbocycles. The summed E-state index contributed by atoms with van der Waals surface area (Å²) < 4.78 is 11.1. The molecule has 0 saturated carbocycles. The molecule has 14 nitrogen and oxygen atoms in total. The maximum atomic E-state index is 11.9. The smallest absolute Gasteiger partial charge is 0.331 e. The maximum Gasteiger partial charge on any atom is 0.331 e. The number of nitrogens with zero attached hydrogens (tertiary/aromatic N) is 4. The fourth-order valence-electron chi connectivity index (χ4n) is 3.18. The number of amides is 2. The van der Waals surface area contributed by atoms with E-state index in [0.29, 0.717) is 22.6 Å². The van der Waals surface area contributed by atoms with Crippen molar-refractivity contribution in [2.75, 3.05) is 0 Å². The Morgan fingerprint density at radius 3 is 1.45 bits per heavy atom. The van der Waals surface area contributed by atoms with Gasteiger partial charge >= 0.3 is 11.8 Å². The fraction of sp³-hybridized carbons (Fsp3) is 0. The molecule has 2 aromatic heterocycles. The molecule has 0 fully saturated rings. The number of hydrogen-bond acceptors (Lipinski definition) is 10. The first-order valence-corrected chi connectivity index (χ1v) is 11.6. The molecule has 202 valence electrons. The molecule has 0 aliphatic heterocycles. The summed E-state index contributed by atoms with van der Waals surface area (Å²) in [5.41, 5.74) is 4.48. The van der Waals surface area contributed by atoms with Gasteiger partial charge in [0.05, 0.1) is 32.3 Å². The second kappa shape index (κ2) is 12.0. The molecule has 16 heteroatoms. The molecule has 4 aromatic rings. The van der Waals surface area contributed by atoms with Crippen molar-refractivity contribution in [3.05, 3.63) is 102 Å². The minimum absolute atomic E-state index is 0.110. The summed E-state index contributed by atoms with van der Waals surface area (Å²) in [7, 11) is 0. The molecule has 2 amide bonds. The Labute approximate surface area is 233 Å². The van der Waals surface area contributed by atoms with E-state index in [4.69, 9.17) is 32.0 Å². The molecular formula is C24H14Cl2N6O8. The van der Waals surface area contributed by atoms with Crippen LogP contribution in [0.5, 0.6) is 0 Å². The number of nitro groups is 2. The largest absolute Gasteiger partial charge is 0.455 e. The maximum absolute atomic E-state index is 11.9. The van der Waals surface area contributed by atoms with Crippen molar-refractivity contribution in [1.82, 2.24) is 10.9 Å². The number of hydrogen-bond donors (Lipinski definition) is 2. The highest BCUT2D eigenvalue weighted by Crippen LogP contribution is 2.33. The van der Waals surface area contributed by atoms with E-state index in [1.54, 1.807) is 12.1 Å². The second-order valence-corrected chi connectivity index (χ2v) is 8.46. The predicted octanol–water partition coefficient (Wildman–Crippen LogP) is 4.93. The van der Waals surface area contributed by atoms with Crippen LogP contribution in [0.1, 0.15) is 11.5 Å². The van der Waals surface area contributed by atoms with Crippen molar-refractivity contribution >= 4 is 58.8 Å². The zero-order chi connectivity index (χ0) is 28.8. The molecule has 0 atom stereocenters. The van der Waals surface area contributed by atoms with Gasteiger partial charge in [-0.1, -0.05) is 23.2 Å². The molecule has 0 aliphatic rings. The lowest BCUT2D eigenvalue weighted by atomic mass is 10.1. The van der Waals surface area contributed by atoms with Gasteiger partial charge in [-0.3, -0.25) is 29.8 Å². The normalized spacial score (nSPS) is 11.2. The van der Waals surface area contributed by atoms with Crippen LogP contribution in [0.2, 0.25) is 10.0 Å². The van der Waals surface area contributed by atoms with E-state index < -0.39 is 21.7 Å². The predicted molar refractivity (Wildman–Crippen MR) is 143 cm³/mol. The number of benzene rings is 2. The Balaban J connectivity index is 1.29. The van der Waals surface area contributed by atoms with Gasteiger partial charge in [0, 0.05) is 35.4 Å². The Morgan fingerprint density at radius 1 is 0.700 bits per heavy atom. The Kier molecular flexibility index (Phi) is 8.32. The molecular weight excluding hydrogens is 571 g/mol. The number of non-ortho nitro benzene ring substituents is 2. The summed E-state index contributed by atoms with van der Waals surface area (Å²) in [5.74, 6) is -1.25. The summed E-state index contributed by atoms with van der Waals surface area (Å²) in [6.45, 7) is 0. The number of nitrogens with one attached hydrogen (secondary N) is 2. The number of rotatable bonds is 8. The van der Waals surface area contributed by atoms with Crippen LogP contribution in [0.15, 0.2) is 79.7 Å². The van der Waals surface area contributed by atoms with Crippen LogP contribution in [0, 0.1) is 20.2 Å². The zero-order valence-electron chi connectivity index (χ0n) is 19.7. The van der Waals surface area contributed by atoms with Gasteiger partial charge in [0.25, 0.3) is 11.4 Å². The van der Waals surface area contributed by atoms with Crippen LogP contribution in [0.4, 0.5) is 11.4 Å². The molecule has 40 heavy (non-hydrogen) atoms. The summed E-state index contributed by atoms with van der Waals surface area (Å²) in [5, 5.41) is 29.2. The van der Waals surface area contributed by atoms with Crippen molar-refractivity contribution in [2.45, 2.75) is 0 Å². The second-order valence-electron chi connectivity index (χ2n) is 7.64. The molecule has 4 rings (SSSR count). The van der Waals surface area contributed by atoms with E-state index in [1.165, 1.54) is 48.5 Å². The standard InChI is InChI=1S/C24H14Cl2N6O8/c25-19-9-13(31(35)36)1-5-17(19)21-7-3-15(39-21)11-27-29-23(33)24(34)30-28-12-16-4-8-22(40-16)18-6-2-14(32(37)38)10-20(18)26/h1-12H,(H,29,33)(H,30,34). The van der Waals surface area contributed by atoms with Crippen LogP contribution in [0.3, 0.4) is 0 Å². The first kappa shape index (κ1) is 27.7. The molecule has 0 aliphatic carbocycles. The van der Waals surface area contributed by atoms with Gasteiger partial charge in [-0.25, -0.2) is 10.9 Å². The first-order valence-electron chi connectivity index (χ1n) is 10.9. The van der Waals surface area contributed by atoms with Gasteiger partial charge in [0.2, 0.25) is 0 Å². The van der Waals surface area contributed by atoms with E-state index in [0.717, 1.165) is 12.4 Å². The van der Waals surface area contributed by atoms with Gasteiger partial charge in [0.1, 0.15) is 23.0 Å². The van der Waals surface area contributed by atoms with Crippen molar-refractivity contribution in [1.29, 1.82) is 0 Å². The number of hydrazone groups is 2. The number of halogens is 2. The van der Waals surface area contributed by atoms with E-state index in [-0.39, 0.29) is 32.9 Å². The molecule has 0 saturated heterocycles. The van der Waals surface area contributed by atoms with Gasteiger partial charge in [-0.2, -0.15) is 10.2 Å². The average molecular weight is 585 g/mol. The van der Waals surface area contributed by atoms with Crippen molar-refractivity contribution in [2.24, 2.45) is 10.2 Å². The lowest BCUT2D eigenvalue weighted by Gasteiger charge is -2.00. The molecule has 0 unspecified atom stereocenters. The van der Waals surface area contributed by atoms with Crippen LogP contribution >= 0.6 is 23.2 Å². The Morgan fingerprint density at radius 2 is 1.10 bits per heavy atom. The molecule has 2 heterocycles. The monoisotopic (exact) mass is 584 g/mol. The summed E-state index contributed by atoms with van der Waals surface area (Å²) in [6, 6.07) is 13.9. The lowest BCUT2D eigenvalue weighted by molar-refractivity contribution is -0.385. The quantitative estimate of drug-likeness (QED) is 0.126. The molecule has 2 N–H and O–H groups in total. The van der Waals surface area contributed by atoms with E-state index in [1.807, 2.05) is 10.9 Å². The Bertz CT molecular complexity index is 1570. The van der Waals surface area contributed by atoms with Gasteiger partial charge in [0.15, 0.2) is 0 Å². The summed E-state index contributed by atoms with van der Waals surface area (Å²) in [6.07, 6.45) is 2.26. The van der Waals surface area contributed by atoms with E-state index in [2.05, 4.69) is 10.2 Å². The molecule has 0 bridgehead atoms. The highest BCUT2D eigenvalue weighted by atomic mass is 35.5. The highest BCUT2D eigenvalue weighted by molar-refractivity contribution is 6.35. The van der Waals surface area contributed by atoms with Gasteiger partial charge in [-0.05, 0) is 36.4 Å². The average Bonchev–Trinajstić information content (AvgIpc) is 3.58. The van der Waals surface area contributed by atoms with Crippen LogP contribution in [0.25, 0.3) is 22.6 Å². The number of carbonyl (C=O) groups excluding carboxylic acids is 2. The van der Waals surface area contributed by atoms with Crippen molar-refractivity contribution < 1.29 is 28.3 Å².